The topological polar surface area (TPSA) is 67.8 Å². The van der Waals surface area contributed by atoms with Gasteiger partial charge in [-0.15, -0.1) is 0 Å². The lowest BCUT2D eigenvalue weighted by atomic mass is 9.89. The van der Waals surface area contributed by atoms with Crippen LogP contribution in [0.15, 0.2) is 72.8 Å². The SMILES string of the molecule is COc1ccc(OCC(O)(CCCC(=O)NCc2ccccc2)c2ccc(Cl)c(Cl)c2)cc1. The number of amides is 1. The molecule has 7 heteroatoms. The van der Waals surface area contributed by atoms with E-state index < -0.39 is 5.60 Å². The van der Waals surface area contributed by atoms with Gasteiger partial charge in [0.1, 0.15) is 23.7 Å². The zero-order valence-corrected chi connectivity index (χ0v) is 19.9. The van der Waals surface area contributed by atoms with Crippen LogP contribution in [0, 0.1) is 0 Å². The Hall–Kier alpha value is -2.73. The van der Waals surface area contributed by atoms with Gasteiger partial charge in [0.05, 0.1) is 17.2 Å². The van der Waals surface area contributed by atoms with E-state index in [1.165, 1.54) is 0 Å². The van der Waals surface area contributed by atoms with Crippen LogP contribution in [0.1, 0.15) is 30.4 Å². The molecular weight excluding hydrogens is 461 g/mol. The predicted octanol–water partition coefficient (Wildman–Crippen LogP) is 5.76. The summed E-state index contributed by atoms with van der Waals surface area (Å²) < 4.78 is 11.0. The molecule has 1 unspecified atom stereocenters. The van der Waals surface area contributed by atoms with Crippen molar-refractivity contribution < 1.29 is 19.4 Å². The molecule has 3 aromatic carbocycles. The molecule has 0 heterocycles. The number of halogens is 2. The Morgan fingerprint density at radius 3 is 2.33 bits per heavy atom. The van der Waals surface area contributed by atoms with Crippen LogP contribution < -0.4 is 14.8 Å². The number of ether oxygens (including phenoxy) is 2. The highest BCUT2D eigenvalue weighted by molar-refractivity contribution is 6.42. The van der Waals surface area contributed by atoms with E-state index in [2.05, 4.69) is 5.32 Å². The number of methoxy groups -OCH3 is 1. The molecule has 0 spiro atoms. The fraction of sp³-hybridized carbons (Fsp3) is 0.269. The molecular formula is C26H27Cl2NO4. The summed E-state index contributed by atoms with van der Waals surface area (Å²) in [6, 6.07) is 21.8. The number of nitrogens with one attached hydrogen (secondary N) is 1. The fourth-order valence-corrected chi connectivity index (χ4v) is 3.68. The molecule has 33 heavy (non-hydrogen) atoms. The normalized spacial score (nSPS) is 12.6. The van der Waals surface area contributed by atoms with Gasteiger partial charge < -0.3 is 19.9 Å². The van der Waals surface area contributed by atoms with Crippen LogP contribution in [-0.2, 0) is 16.9 Å². The maximum absolute atomic E-state index is 12.3. The van der Waals surface area contributed by atoms with Crippen molar-refractivity contribution in [2.75, 3.05) is 13.7 Å². The Balaban J connectivity index is 1.63. The highest BCUT2D eigenvalue weighted by Gasteiger charge is 2.31. The summed E-state index contributed by atoms with van der Waals surface area (Å²) in [5, 5.41) is 15.2. The second kappa shape index (κ2) is 11.9. The molecule has 174 valence electrons. The largest absolute Gasteiger partial charge is 0.497 e. The monoisotopic (exact) mass is 487 g/mol. The Kier molecular flexibility index (Phi) is 9.01. The van der Waals surface area contributed by atoms with Gasteiger partial charge in [-0.3, -0.25) is 4.79 Å². The van der Waals surface area contributed by atoms with E-state index in [9.17, 15) is 9.90 Å². The Morgan fingerprint density at radius 2 is 1.67 bits per heavy atom. The summed E-state index contributed by atoms with van der Waals surface area (Å²) in [5.74, 6) is 1.23. The molecule has 0 aliphatic rings. The summed E-state index contributed by atoms with van der Waals surface area (Å²) in [6.07, 6.45) is 1.04. The quantitative estimate of drug-likeness (QED) is 0.361. The van der Waals surface area contributed by atoms with Gasteiger partial charge >= 0.3 is 0 Å². The molecule has 3 aromatic rings. The minimum Gasteiger partial charge on any atom is -0.497 e. The van der Waals surface area contributed by atoms with Gasteiger partial charge in [0, 0.05) is 13.0 Å². The maximum Gasteiger partial charge on any atom is 0.220 e. The number of hydrogen-bond donors (Lipinski definition) is 2. The Labute approximate surface area is 204 Å². The first-order valence-electron chi connectivity index (χ1n) is 10.6. The molecule has 0 bridgehead atoms. The average Bonchev–Trinajstić information content (AvgIpc) is 2.84. The lowest BCUT2D eigenvalue weighted by molar-refractivity contribution is -0.121. The lowest BCUT2D eigenvalue weighted by Crippen LogP contribution is -2.34. The molecule has 0 saturated carbocycles. The first-order chi connectivity index (χ1) is 15.9. The number of carbonyl (C=O) groups is 1. The van der Waals surface area contributed by atoms with Crippen LogP contribution in [0.25, 0.3) is 0 Å². The van der Waals surface area contributed by atoms with E-state index in [0.717, 1.165) is 5.56 Å². The number of carbonyl (C=O) groups excluding carboxylic acids is 1. The molecule has 0 radical (unpaired) electrons. The van der Waals surface area contributed by atoms with E-state index in [1.54, 1.807) is 49.6 Å². The van der Waals surface area contributed by atoms with Crippen LogP contribution in [0.3, 0.4) is 0 Å². The molecule has 1 amide bonds. The summed E-state index contributed by atoms with van der Waals surface area (Å²) in [4.78, 5) is 12.3. The third-order valence-electron chi connectivity index (χ3n) is 5.32. The van der Waals surface area contributed by atoms with E-state index >= 15 is 0 Å². The second-order valence-corrected chi connectivity index (χ2v) is 8.55. The highest BCUT2D eigenvalue weighted by Crippen LogP contribution is 2.33. The predicted molar refractivity (Wildman–Crippen MR) is 131 cm³/mol. The number of rotatable bonds is 11. The van der Waals surface area contributed by atoms with Crippen molar-refractivity contribution >= 4 is 29.1 Å². The van der Waals surface area contributed by atoms with Crippen LogP contribution in [-0.4, -0.2) is 24.7 Å². The molecule has 2 N–H and O–H groups in total. The second-order valence-electron chi connectivity index (χ2n) is 7.74. The van der Waals surface area contributed by atoms with E-state index in [0.29, 0.717) is 46.5 Å². The lowest BCUT2D eigenvalue weighted by Gasteiger charge is -2.29. The van der Waals surface area contributed by atoms with Crippen molar-refractivity contribution in [1.82, 2.24) is 5.32 Å². The molecule has 0 fully saturated rings. The summed E-state index contributed by atoms with van der Waals surface area (Å²) in [5.41, 5.74) is 0.259. The van der Waals surface area contributed by atoms with Crippen molar-refractivity contribution in [3.8, 4) is 11.5 Å². The first-order valence-corrected chi connectivity index (χ1v) is 11.4. The zero-order chi connectivity index (χ0) is 23.7. The standard InChI is InChI=1S/C26H27Cl2NO4/c1-32-21-10-12-22(13-11-21)33-18-26(31,20-9-14-23(27)24(28)16-20)15-5-8-25(30)29-17-19-6-3-2-4-7-19/h2-4,6-7,9-14,16,31H,5,8,15,17-18H2,1H3,(H,29,30). The summed E-state index contributed by atoms with van der Waals surface area (Å²) in [7, 11) is 1.59. The maximum atomic E-state index is 12.3. The van der Waals surface area contributed by atoms with Gasteiger partial charge in [0.15, 0.2) is 0 Å². The highest BCUT2D eigenvalue weighted by atomic mass is 35.5. The third kappa shape index (κ3) is 7.39. The van der Waals surface area contributed by atoms with Gasteiger partial charge in [-0.25, -0.2) is 0 Å². The number of benzene rings is 3. The van der Waals surface area contributed by atoms with Gasteiger partial charge in [-0.2, -0.15) is 0 Å². The van der Waals surface area contributed by atoms with Gasteiger partial charge in [0.2, 0.25) is 5.91 Å². The van der Waals surface area contributed by atoms with Crippen LogP contribution in [0.5, 0.6) is 11.5 Å². The molecule has 0 aliphatic heterocycles. The average molecular weight is 488 g/mol. The van der Waals surface area contributed by atoms with Gasteiger partial charge in [-0.1, -0.05) is 59.6 Å². The van der Waals surface area contributed by atoms with Crippen LogP contribution in [0.2, 0.25) is 10.0 Å². The van der Waals surface area contributed by atoms with Crippen molar-refractivity contribution in [3.05, 3.63) is 94.0 Å². The Bertz CT molecular complexity index is 1040. The van der Waals surface area contributed by atoms with Crippen LogP contribution in [0.4, 0.5) is 0 Å². The minimum atomic E-state index is -1.35. The van der Waals surface area contributed by atoms with E-state index in [1.807, 2.05) is 30.3 Å². The number of aliphatic hydroxyl groups is 1. The van der Waals surface area contributed by atoms with Crippen molar-refractivity contribution in [2.24, 2.45) is 0 Å². The fourth-order valence-electron chi connectivity index (χ4n) is 3.39. The van der Waals surface area contributed by atoms with Crippen LogP contribution >= 0.6 is 23.2 Å². The Morgan fingerprint density at radius 1 is 0.970 bits per heavy atom. The van der Waals surface area contributed by atoms with Crippen molar-refractivity contribution in [1.29, 1.82) is 0 Å². The van der Waals surface area contributed by atoms with Gasteiger partial charge in [0.25, 0.3) is 0 Å². The first kappa shape index (κ1) is 24.9. The van der Waals surface area contributed by atoms with E-state index in [4.69, 9.17) is 32.7 Å². The molecule has 0 aromatic heterocycles. The summed E-state index contributed by atoms with van der Waals surface area (Å²) >= 11 is 12.2. The van der Waals surface area contributed by atoms with E-state index in [-0.39, 0.29) is 18.9 Å². The molecule has 1 atom stereocenters. The van der Waals surface area contributed by atoms with Gasteiger partial charge in [-0.05, 0) is 60.4 Å². The zero-order valence-electron chi connectivity index (χ0n) is 18.4. The smallest absolute Gasteiger partial charge is 0.220 e. The third-order valence-corrected chi connectivity index (χ3v) is 6.06. The molecule has 5 nitrogen and oxygen atoms in total. The molecule has 0 saturated heterocycles. The minimum absolute atomic E-state index is 0.0110. The molecule has 3 rings (SSSR count). The van der Waals surface area contributed by atoms with Crippen molar-refractivity contribution in [3.63, 3.8) is 0 Å². The molecule has 0 aliphatic carbocycles. The number of hydrogen-bond acceptors (Lipinski definition) is 4. The summed E-state index contributed by atoms with van der Waals surface area (Å²) in [6.45, 7) is 0.459. The van der Waals surface area contributed by atoms with Crippen molar-refractivity contribution in [2.45, 2.75) is 31.4 Å².